The Morgan fingerprint density at radius 2 is 1.33 bits per heavy atom. The Hall–Kier alpha value is 0.635. The van der Waals surface area contributed by atoms with E-state index in [9.17, 15) is 13.2 Å². The summed E-state index contributed by atoms with van der Waals surface area (Å²) in [4.78, 5) is 0. The van der Waals surface area contributed by atoms with Crippen LogP contribution in [0, 0.1) is 0 Å². The van der Waals surface area contributed by atoms with Crippen molar-refractivity contribution in [1.82, 2.24) is 0 Å². The van der Waals surface area contributed by atoms with Gasteiger partial charge in [-0.25, -0.2) is 0 Å². The molecule has 0 radical (unpaired) electrons. The van der Waals surface area contributed by atoms with Crippen LogP contribution >= 0.6 is 0 Å². The van der Waals surface area contributed by atoms with Crippen molar-refractivity contribution in [2.24, 2.45) is 0 Å². The quantitative estimate of drug-likeness (QED) is 0.391. The fourth-order valence-corrected chi connectivity index (χ4v) is 0. The predicted molar refractivity (Wildman–Crippen MR) is 17.6 cm³/mol. The summed E-state index contributed by atoms with van der Waals surface area (Å²) in [5.74, 6) is 0. The minimum atomic E-state index is -5.84. The van der Waals surface area contributed by atoms with Gasteiger partial charge in [0.05, 0.1) is 0 Å². The van der Waals surface area contributed by atoms with Crippen molar-refractivity contribution in [2.75, 3.05) is 0 Å². The van der Waals surface area contributed by atoms with E-state index in [1.54, 1.807) is 0 Å². The average molecular weight is 351 g/mol. The Labute approximate surface area is 69.5 Å². The van der Waals surface area contributed by atoms with E-state index >= 15 is 0 Å². The Kier molecular flexibility index (Phi) is 4.32. The van der Waals surface area contributed by atoms with Gasteiger partial charge in [0.25, 0.3) is 0 Å². The molecule has 1 N–H and O–H groups in total. The van der Waals surface area contributed by atoms with Gasteiger partial charge in [-0.15, -0.1) is 0 Å². The van der Waals surface area contributed by atoms with E-state index in [1.165, 1.54) is 0 Å². The van der Waals surface area contributed by atoms with Gasteiger partial charge in [-0.05, 0) is 0 Å². The maximum atomic E-state index is 10.7. The minimum absolute atomic E-state index is 0. The van der Waals surface area contributed by atoms with Crippen LogP contribution in [-0.4, -0.2) is 18.5 Å². The van der Waals surface area contributed by atoms with E-state index in [1.807, 2.05) is 0 Å². The number of alkyl halides is 3. The standard InChI is InChI=1S/CHF3O3S.Hg/c2-1(3,4)8(5,6)7;/h(H,5,6,7);. The topological polar surface area (TPSA) is 54.4 Å². The molecule has 9 heavy (non-hydrogen) atoms. The molecule has 0 heterocycles. The number of hydrogen-bond donors (Lipinski definition) is 1. The largest absolute Gasteiger partial charge is 0.522 e. The molecule has 0 spiro atoms. The minimum Gasteiger partial charge on any atom is -0.279 e. The Balaban J connectivity index is 0. The monoisotopic (exact) mass is 352 g/mol. The Morgan fingerprint density at radius 3 is 1.33 bits per heavy atom. The molecule has 0 atom stereocenters. The summed E-state index contributed by atoms with van der Waals surface area (Å²) in [7, 11) is -5.84. The smallest absolute Gasteiger partial charge is 0.279 e. The molecule has 0 aromatic heterocycles. The third kappa shape index (κ3) is 4.09. The second kappa shape index (κ2) is 3.15. The molecular weight excluding hydrogens is 350 g/mol. The maximum Gasteiger partial charge on any atom is 0.522 e. The fourth-order valence-electron chi connectivity index (χ4n) is 0. The first-order chi connectivity index (χ1) is 3.25. The van der Waals surface area contributed by atoms with Gasteiger partial charge in [0.1, 0.15) is 0 Å². The molecular formula is CHF3HgO3S. The van der Waals surface area contributed by atoms with Crippen LogP contribution in [0.4, 0.5) is 13.2 Å². The van der Waals surface area contributed by atoms with Gasteiger partial charge in [-0.3, -0.25) is 4.55 Å². The molecule has 0 saturated carbocycles. The van der Waals surface area contributed by atoms with Crippen molar-refractivity contribution < 1.29 is 53.8 Å². The zero-order valence-corrected chi connectivity index (χ0v) is 10.3. The Bertz CT molecular complexity index is 168. The summed E-state index contributed by atoms with van der Waals surface area (Å²) >= 11 is 0. The molecule has 0 bridgehead atoms. The van der Waals surface area contributed by atoms with E-state index in [-0.39, 0.29) is 27.7 Å². The van der Waals surface area contributed by atoms with Crippen molar-refractivity contribution in [3.63, 3.8) is 0 Å². The van der Waals surface area contributed by atoms with Gasteiger partial charge >= 0.3 is 15.6 Å². The first kappa shape index (κ1) is 12.3. The number of halogens is 3. The molecule has 0 saturated heterocycles. The number of rotatable bonds is 0. The van der Waals surface area contributed by atoms with Crippen LogP contribution in [0.5, 0.6) is 0 Å². The maximum absolute atomic E-state index is 10.7. The molecule has 0 aliphatic heterocycles. The van der Waals surface area contributed by atoms with Gasteiger partial charge in [-0.1, -0.05) is 0 Å². The summed E-state index contributed by atoms with van der Waals surface area (Å²) in [6.45, 7) is 0. The molecule has 0 aliphatic rings. The summed E-state index contributed by atoms with van der Waals surface area (Å²) < 4.78 is 57.5. The second-order valence-corrected chi connectivity index (χ2v) is 2.33. The van der Waals surface area contributed by atoms with Crippen LogP contribution in [-0.2, 0) is 37.8 Å². The van der Waals surface area contributed by atoms with Crippen LogP contribution in [0.1, 0.15) is 0 Å². The summed E-state index contributed by atoms with van der Waals surface area (Å²) in [6.07, 6.45) is 0. The van der Waals surface area contributed by atoms with E-state index in [0.29, 0.717) is 0 Å². The van der Waals surface area contributed by atoms with Crippen molar-refractivity contribution >= 4 is 10.1 Å². The van der Waals surface area contributed by atoms with Gasteiger partial charge < -0.3 is 0 Å². The van der Waals surface area contributed by atoms with Crippen molar-refractivity contribution in [2.45, 2.75) is 5.51 Å². The molecule has 0 amide bonds. The molecule has 8 heteroatoms. The normalized spacial score (nSPS) is 12.4. The zero-order chi connectivity index (χ0) is 7.00. The molecule has 0 unspecified atom stereocenters. The Morgan fingerprint density at radius 1 is 1.22 bits per heavy atom. The van der Waals surface area contributed by atoms with Crippen molar-refractivity contribution in [3.05, 3.63) is 0 Å². The molecule has 0 aromatic carbocycles. The van der Waals surface area contributed by atoms with Crippen LogP contribution in [0.3, 0.4) is 0 Å². The summed E-state index contributed by atoms with van der Waals surface area (Å²) in [5.41, 5.74) is -5.53. The van der Waals surface area contributed by atoms with E-state index in [4.69, 9.17) is 13.0 Å². The third-order valence-electron chi connectivity index (χ3n) is 0.292. The first-order valence-corrected chi connectivity index (χ1v) is 2.73. The predicted octanol–water partition coefficient (Wildman–Crippen LogP) is 0.392. The van der Waals surface area contributed by atoms with Gasteiger partial charge in [-0.2, -0.15) is 21.6 Å². The van der Waals surface area contributed by atoms with Gasteiger partial charge in [0.2, 0.25) is 0 Å². The van der Waals surface area contributed by atoms with Crippen molar-refractivity contribution in [1.29, 1.82) is 0 Å². The molecule has 0 fully saturated rings. The van der Waals surface area contributed by atoms with Gasteiger partial charge in [0.15, 0.2) is 0 Å². The molecule has 0 aromatic rings. The van der Waals surface area contributed by atoms with E-state index in [2.05, 4.69) is 0 Å². The molecule has 52 valence electrons. The van der Waals surface area contributed by atoms with E-state index in [0.717, 1.165) is 0 Å². The zero-order valence-electron chi connectivity index (χ0n) is 4.01. The van der Waals surface area contributed by atoms with Crippen LogP contribution in [0.15, 0.2) is 0 Å². The molecule has 0 aliphatic carbocycles. The number of hydrogen-bond acceptors (Lipinski definition) is 2. The SMILES string of the molecule is O=S(=O)(O)C(F)(F)F.[Hg]. The average Bonchev–Trinajstić information content (AvgIpc) is 1.25. The molecule has 3 nitrogen and oxygen atoms in total. The second-order valence-electron chi connectivity index (χ2n) is 0.921. The van der Waals surface area contributed by atoms with Crippen LogP contribution in [0.25, 0.3) is 0 Å². The summed E-state index contributed by atoms with van der Waals surface area (Å²) in [6, 6.07) is 0. The third-order valence-corrected chi connectivity index (χ3v) is 0.877. The van der Waals surface area contributed by atoms with Crippen LogP contribution in [0.2, 0.25) is 0 Å². The first-order valence-electron chi connectivity index (χ1n) is 1.29. The van der Waals surface area contributed by atoms with Crippen molar-refractivity contribution in [3.8, 4) is 0 Å². The summed E-state index contributed by atoms with van der Waals surface area (Å²) in [5, 5.41) is 0. The molecule has 0 rings (SSSR count). The fraction of sp³-hybridized carbons (Fsp3) is 1.00. The van der Waals surface area contributed by atoms with Crippen LogP contribution < -0.4 is 0 Å². The van der Waals surface area contributed by atoms with Gasteiger partial charge in [0, 0.05) is 27.7 Å². The van der Waals surface area contributed by atoms with E-state index < -0.39 is 15.6 Å².